The number of hydrogen-bond donors (Lipinski definition) is 2. The van der Waals surface area contributed by atoms with Crippen molar-refractivity contribution in [1.29, 1.82) is 0 Å². The van der Waals surface area contributed by atoms with E-state index in [-0.39, 0.29) is 12.5 Å². The van der Waals surface area contributed by atoms with Crippen LogP contribution in [0, 0.1) is 0 Å². The van der Waals surface area contributed by atoms with Crippen molar-refractivity contribution in [2.45, 2.75) is 26.0 Å². The van der Waals surface area contributed by atoms with Crippen LogP contribution in [0.15, 0.2) is 12.4 Å². The molecule has 0 unspecified atom stereocenters. The smallest absolute Gasteiger partial charge is 0.219 e. The third-order valence-corrected chi connectivity index (χ3v) is 2.02. The zero-order chi connectivity index (χ0) is 10.4. The van der Waals surface area contributed by atoms with Gasteiger partial charge < -0.3 is 15.0 Å². The predicted octanol–water partition coefficient (Wildman–Crippen LogP) is -0.0984. The van der Waals surface area contributed by atoms with E-state index in [1.54, 1.807) is 19.4 Å². The molecule has 0 radical (unpaired) electrons. The number of rotatable bonds is 5. The quantitative estimate of drug-likeness (QED) is 0.692. The van der Waals surface area contributed by atoms with Crippen LogP contribution in [0.1, 0.15) is 18.7 Å². The van der Waals surface area contributed by atoms with E-state index in [0.29, 0.717) is 18.8 Å². The summed E-state index contributed by atoms with van der Waals surface area (Å²) in [6.07, 6.45) is 4.70. The first-order valence-electron chi connectivity index (χ1n) is 4.59. The van der Waals surface area contributed by atoms with E-state index >= 15 is 0 Å². The summed E-state index contributed by atoms with van der Waals surface area (Å²) in [6, 6.07) is 0. The molecule has 2 N–H and O–H groups in total. The Hall–Kier alpha value is -1.36. The number of aromatic nitrogens is 2. The lowest BCUT2D eigenvalue weighted by molar-refractivity contribution is -0.120. The Labute approximate surface area is 82.8 Å². The van der Waals surface area contributed by atoms with Crippen molar-refractivity contribution in [3.63, 3.8) is 0 Å². The molecule has 0 aromatic carbocycles. The van der Waals surface area contributed by atoms with Crippen molar-refractivity contribution >= 4 is 5.91 Å². The van der Waals surface area contributed by atoms with E-state index in [1.807, 2.05) is 4.57 Å². The molecule has 0 saturated carbocycles. The van der Waals surface area contributed by atoms with Crippen molar-refractivity contribution < 1.29 is 9.90 Å². The second kappa shape index (κ2) is 5.39. The van der Waals surface area contributed by atoms with E-state index in [9.17, 15) is 4.79 Å². The number of carbonyl (C=O) groups excluding carboxylic acids is 1. The number of aliphatic hydroxyl groups excluding tert-OH is 1. The highest BCUT2D eigenvalue weighted by atomic mass is 16.3. The van der Waals surface area contributed by atoms with Gasteiger partial charge in [0.1, 0.15) is 12.4 Å². The molecule has 1 rings (SSSR count). The van der Waals surface area contributed by atoms with Gasteiger partial charge in [-0.2, -0.15) is 0 Å². The molecule has 1 heterocycles. The monoisotopic (exact) mass is 197 g/mol. The second-order valence-corrected chi connectivity index (χ2v) is 2.97. The largest absolute Gasteiger partial charge is 0.388 e. The number of amides is 1. The normalized spacial score (nSPS) is 10.1. The lowest BCUT2D eigenvalue weighted by Gasteiger charge is -2.04. The van der Waals surface area contributed by atoms with Gasteiger partial charge in [-0.1, -0.05) is 0 Å². The fourth-order valence-electron chi connectivity index (χ4n) is 1.23. The SMILES string of the molecule is CNC(=O)CCCn1ccnc1CO. The molecule has 1 aromatic rings. The van der Waals surface area contributed by atoms with Crippen molar-refractivity contribution in [2.24, 2.45) is 0 Å². The highest BCUT2D eigenvalue weighted by Crippen LogP contribution is 2.00. The molecule has 5 heteroatoms. The van der Waals surface area contributed by atoms with Gasteiger partial charge in [0.2, 0.25) is 5.91 Å². The highest BCUT2D eigenvalue weighted by Gasteiger charge is 2.02. The average molecular weight is 197 g/mol. The minimum atomic E-state index is -0.0625. The topological polar surface area (TPSA) is 67.2 Å². The summed E-state index contributed by atoms with van der Waals surface area (Å²) >= 11 is 0. The van der Waals surface area contributed by atoms with Crippen LogP contribution < -0.4 is 5.32 Å². The molecule has 0 saturated heterocycles. The maximum absolute atomic E-state index is 10.9. The van der Waals surface area contributed by atoms with Gasteiger partial charge in [-0.3, -0.25) is 4.79 Å². The Morgan fingerprint density at radius 3 is 3.14 bits per heavy atom. The first-order chi connectivity index (χ1) is 6.77. The number of hydrogen-bond acceptors (Lipinski definition) is 3. The van der Waals surface area contributed by atoms with E-state index < -0.39 is 0 Å². The second-order valence-electron chi connectivity index (χ2n) is 2.97. The van der Waals surface area contributed by atoms with Crippen molar-refractivity contribution in [3.8, 4) is 0 Å². The summed E-state index contributed by atoms with van der Waals surface area (Å²) in [5, 5.41) is 11.5. The van der Waals surface area contributed by atoms with Gasteiger partial charge in [0.25, 0.3) is 0 Å². The molecule has 0 atom stereocenters. The third kappa shape index (κ3) is 2.85. The molecule has 0 aliphatic rings. The van der Waals surface area contributed by atoms with Crippen LogP contribution in [0.4, 0.5) is 0 Å². The van der Waals surface area contributed by atoms with Gasteiger partial charge in [0.05, 0.1) is 0 Å². The predicted molar refractivity (Wildman–Crippen MR) is 51.5 cm³/mol. The third-order valence-electron chi connectivity index (χ3n) is 2.02. The fraction of sp³-hybridized carbons (Fsp3) is 0.556. The van der Waals surface area contributed by atoms with Crippen molar-refractivity contribution in [1.82, 2.24) is 14.9 Å². The summed E-state index contributed by atoms with van der Waals surface area (Å²) < 4.78 is 1.85. The minimum Gasteiger partial charge on any atom is -0.388 e. The Morgan fingerprint density at radius 1 is 1.71 bits per heavy atom. The Morgan fingerprint density at radius 2 is 2.50 bits per heavy atom. The lowest BCUT2D eigenvalue weighted by atomic mass is 10.3. The van der Waals surface area contributed by atoms with Gasteiger partial charge in [0.15, 0.2) is 0 Å². The number of aliphatic hydroxyl groups is 1. The van der Waals surface area contributed by atoms with Crippen LogP contribution in [-0.2, 0) is 17.9 Å². The fourth-order valence-corrected chi connectivity index (χ4v) is 1.23. The maximum Gasteiger partial charge on any atom is 0.219 e. The minimum absolute atomic E-state index is 0.0377. The summed E-state index contributed by atoms with van der Waals surface area (Å²) in [4.78, 5) is 14.9. The van der Waals surface area contributed by atoms with Gasteiger partial charge in [-0.05, 0) is 6.42 Å². The first kappa shape index (κ1) is 10.7. The summed E-state index contributed by atoms with van der Waals surface area (Å²) in [7, 11) is 1.62. The van der Waals surface area contributed by atoms with Crippen LogP contribution in [0.3, 0.4) is 0 Å². The Balaban J connectivity index is 2.34. The van der Waals surface area contributed by atoms with Crippen molar-refractivity contribution in [2.75, 3.05) is 7.05 Å². The molecule has 0 aliphatic heterocycles. The molecule has 14 heavy (non-hydrogen) atoms. The molecule has 0 fully saturated rings. The summed E-state index contributed by atoms with van der Waals surface area (Å²) in [5.74, 6) is 0.678. The van der Waals surface area contributed by atoms with Crippen LogP contribution in [0.2, 0.25) is 0 Å². The molecule has 1 aromatic heterocycles. The number of nitrogens with one attached hydrogen (secondary N) is 1. The van der Waals surface area contributed by atoms with Gasteiger partial charge in [0, 0.05) is 32.4 Å². The molecule has 0 bridgehead atoms. The molecule has 1 amide bonds. The van der Waals surface area contributed by atoms with Crippen molar-refractivity contribution in [3.05, 3.63) is 18.2 Å². The first-order valence-corrected chi connectivity index (χ1v) is 4.59. The Bertz CT molecular complexity index is 296. The van der Waals surface area contributed by atoms with E-state index in [0.717, 1.165) is 6.42 Å². The molecular formula is C9H15N3O2. The van der Waals surface area contributed by atoms with E-state index in [1.165, 1.54) is 0 Å². The zero-order valence-corrected chi connectivity index (χ0v) is 8.23. The van der Waals surface area contributed by atoms with Crippen LogP contribution in [-0.4, -0.2) is 27.6 Å². The van der Waals surface area contributed by atoms with Crippen LogP contribution >= 0.6 is 0 Å². The standard InChI is InChI=1S/C9H15N3O2/c1-10-9(14)3-2-5-12-6-4-11-8(12)7-13/h4,6,13H,2-3,5,7H2,1H3,(H,10,14). The molecule has 0 aliphatic carbocycles. The molecule has 78 valence electrons. The van der Waals surface area contributed by atoms with Crippen LogP contribution in [0.5, 0.6) is 0 Å². The van der Waals surface area contributed by atoms with E-state index in [4.69, 9.17) is 5.11 Å². The number of aryl methyl sites for hydroxylation is 1. The lowest BCUT2D eigenvalue weighted by Crippen LogP contribution is -2.18. The number of imidazole rings is 1. The Kier molecular flexibility index (Phi) is 4.12. The van der Waals surface area contributed by atoms with Gasteiger partial charge in [-0.15, -0.1) is 0 Å². The van der Waals surface area contributed by atoms with Gasteiger partial charge >= 0.3 is 0 Å². The highest BCUT2D eigenvalue weighted by molar-refractivity contribution is 5.75. The number of carbonyl (C=O) groups is 1. The number of nitrogens with zero attached hydrogens (tertiary/aromatic N) is 2. The summed E-state index contributed by atoms with van der Waals surface area (Å²) in [6.45, 7) is 0.649. The zero-order valence-electron chi connectivity index (χ0n) is 8.23. The molecular weight excluding hydrogens is 182 g/mol. The van der Waals surface area contributed by atoms with Gasteiger partial charge in [-0.25, -0.2) is 4.98 Å². The molecule has 5 nitrogen and oxygen atoms in total. The average Bonchev–Trinajstić information content (AvgIpc) is 2.65. The molecule has 0 spiro atoms. The van der Waals surface area contributed by atoms with E-state index in [2.05, 4.69) is 10.3 Å². The summed E-state index contributed by atoms with van der Waals surface area (Å²) in [5.41, 5.74) is 0. The maximum atomic E-state index is 10.9. The van der Waals surface area contributed by atoms with Crippen LogP contribution in [0.25, 0.3) is 0 Å².